The molecule has 0 saturated heterocycles. The number of oxime groups is 1. The van der Waals surface area contributed by atoms with Gasteiger partial charge in [0.15, 0.2) is 5.84 Å². The van der Waals surface area contributed by atoms with E-state index in [1.54, 1.807) is 18.2 Å². The Labute approximate surface area is 114 Å². The van der Waals surface area contributed by atoms with E-state index in [9.17, 15) is 4.79 Å². The molecule has 4 N–H and O–H groups in total. The Hall–Kier alpha value is -1.56. The van der Waals surface area contributed by atoms with Crippen molar-refractivity contribution in [1.82, 2.24) is 5.32 Å². The Morgan fingerprint density at radius 3 is 2.78 bits per heavy atom. The van der Waals surface area contributed by atoms with Crippen LogP contribution in [0.1, 0.15) is 30.1 Å². The van der Waals surface area contributed by atoms with Gasteiger partial charge in [0, 0.05) is 4.47 Å². The third-order valence-electron chi connectivity index (χ3n) is 2.47. The molecular weight excluding hydrogens is 298 g/mol. The number of hydrogen-bond donors (Lipinski definition) is 3. The highest BCUT2D eigenvalue weighted by atomic mass is 79.9. The van der Waals surface area contributed by atoms with Gasteiger partial charge in [-0.1, -0.05) is 30.6 Å². The van der Waals surface area contributed by atoms with Gasteiger partial charge in [0.25, 0.3) is 5.91 Å². The fraction of sp³-hybridized carbons (Fsp3) is 0.333. The molecule has 0 aliphatic carbocycles. The van der Waals surface area contributed by atoms with E-state index in [4.69, 9.17) is 10.9 Å². The lowest BCUT2D eigenvalue weighted by atomic mass is 10.1. The minimum Gasteiger partial charge on any atom is -0.409 e. The van der Waals surface area contributed by atoms with Crippen LogP contribution >= 0.6 is 15.9 Å². The number of nitrogens with one attached hydrogen (secondary N) is 1. The lowest BCUT2D eigenvalue weighted by molar-refractivity contribution is 0.0944. The summed E-state index contributed by atoms with van der Waals surface area (Å²) < 4.78 is 0.706. The minimum atomic E-state index is -0.459. The van der Waals surface area contributed by atoms with Crippen molar-refractivity contribution in [3.63, 3.8) is 0 Å². The molecule has 0 bridgehead atoms. The molecule has 18 heavy (non-hydrogen) atoms. The Bertz CT molecular complexity index is 449. The normalized spacial score (nSPS) is 13.1. The van der Waals surface area contributed by atoms with Crippen LogP contribution in [0.5, 0.6) is 0 Å². The van der Waals surface area contributed by atoms with Gasteiger partial charge in [-0.15, -0.1) is 0 Å². The van der Waals surface area contributed by atoms with Crippen molar-refractivity contribution in [3.8, 4) is 0 Å². The Morgan fingerprint density at radius 2 is 2.22 bits per heavy atom. The fourth-order valence-corrected chi connectivity index (χ4v) is 2.00. The highest BCUT2D eigenvalue weighted by Crippen LogP contribution is 2.15. The van der Waals surface area contributed by atoms with Gasteiger partial charge in [-0.05, 0) is 34.5 Å². The summed E-state index contributed by atoms with van der Waals surface area (Å²) in [4.78, 5) is 12.0. The average molecular weight is 314 g/mol. The fourth-order valence-electron chi connectivity index (χ4n) is 1.53. The predicted molar refractivity (Wildman–Crippen MR) is 73.7 cm³/mol. The number of halogens is 1. The van der Waals surface area contributed by atoms with Gasteiger partial charge < -0.3 is 16.3 Å². The average Bonchev–Trinajstić information content (AvgIpc) is 2.37. The lowest BCUT2D eigenvalue weighted by Crippen LogP contribution is -2.44. The van der Waals surface area contributed by atoms with E-state index in [1.807, 2.05) is 13.0 Å². The van der Waals surface area contributed by atoms with Crippen molar-refractivity contribution in [1.29, 1.82) is 0 Å². The van der Waals surface area contributed by atoms with Crippen LogP contribution in [0.3, 0.4) is 0 Å². The molecule has 6 heteroatoms. The summed E-state index contributed by atoms with van der Waals surface area (Å²) in [5, 5.41) is 14.4. The van der Waals surface area contributed by atoms with E-state index >= 15 is 0 Å². The number of amidine groups is 1. The summed E-state index contributed by atoms with van der Waals surface area (Å²) in [7, 11) is 0. The lowest BCUT2D eigenvalue weighted by Gasteiger charge is -2.16. The molecule has 1 rings (SSSR count). The molecule has 0 spiro atoms. The Kier molecular flexibility index (Phi) is 5.64. The van der Waals surface area contributed by atoms with Crippen molar-refractivity contribution in [2.75, 3.05) is 0 Å². The zero-order valence-electron chi connectivity index (χ0n) is 10.1. The van der Waals surface area contributed by atoms with Crippen LogP contribution in [0.4, 0.5) is 0 Å². The highest BCUT2D eigenvalue weighted by molar-refractivity contribution is 9.10. The maximum Gasteiger partial charge on any atom is 0.253 e. The minimum absolute atomic E-state index is 0.0113. The van der Waals surface area contributed by atoms with Crippen LogP contribution < -0.4 is 11.1 Å². The SMILES string of the molecule is CCCC(NC(=O)c1ccccc1Br)/C(N)=N/O. The van der Waals surface area contributed by atoms with E-state index in [1.165, 1.54) is 0 Å². The quantitative estimate of drug-likeness (QED) is 0.336. The smallest absolute Gasteiger partial charge is 0.253 e. The standard InChI is InChI=1S/C12H16BrN3O2/c1-2-5-10(11(14)16-18)15-12(17)8-6-3-4-7-9(8)13/h3-4,6-7,10,18H,2,5H2,1H3,(H2,14,16)(H,15,17). The molecule has 5 nitrogen and oxygen atoms in total. The van der Waals surface area contributed by atoms with E-state index in [-0.39, 0.29) is 11.7 Å². The van der Waals surface area contributed by atoms with Gasteiger partial charge in [-0.2, -0.15) is 0 Å². The zero-order valence-corrected chi connectivity index (χ0v) is 11.6. The molecule has 1 atom stereocenters. The summed E-state index contributed by atoms with van der Waals surface area (Å²) in [6.45, 7) is 1.96. The molecule has 0 aliphatic rings. The van der Waals surface area contributed by atoms with Crippen LogP contribution in [0, 0.1) is 0 Å². The first kappa shape index (κ1) is 14.5. The monoisotopic (exact) mass is 313 g/mol. The van der Waals surface area contributed by atoms with Gasteiger partial charge in [0.2, 0.25) is 0 Å². The van der Waals surface area contributed by atoms with Crippen LogP contribution in [0.2, 0.25) is 0 Å². The molecule has 1 aromatic carbocycles. The Balaban J connectivity index is 2.82. The molecule has 1 unspecified atom stereocenters. The molecule has 0 aliphatic heterocycles. The molecule has 98 valence electrons. The summed E-state index contributed by atoms with van der Waals surface area (Å²) in [6.07, 6.45) is 1.43. The first-order chi connectivity index (χ1) is 8.60. The number of carbonyl (C=O) groups is 1. The molecule has 0 saturated carbocycles. The number of rotatable bonds is 5. The van der Waals surface area contributed by atoms with Gasteiger partial charge >= 0.3 is 0 Å². The first-order valence-corrected chi connectivity index (χ1v) is 6.42. The van der Waals surface area contributed by atoms with E-state index in [0.717, 1.165) is 6.42 Å². The number of nitrogens with zero attached hydrogens (tertiary/aromatic N) is 1. The summed E-state index contributed by atoms with van der Waals surface area (Å²) in [5.41, 5.74) is 6.06. The maximum absolute atomic E-state index is 12.0. The second-order valence-electron chi connectivity index (χ2n) is 3.82. The van der Waals surface area contributed by atoms with Crippen LogP contribution in [-0.2, 0) is 0 Å². The zero-order chi connectivity index (χ0) is 13.5. The molecule has 0 fully saturated rings. The predicted octanol–water partition coefficient (Wildman–Crippen LogP) is 2.09. The van der Waals surface area contributed by atoms with Crippen molar-refractivity contribution in [2.45, 2.75) is 25.8 Å². The largest absolute Gasteiger partial charge is 0.409 e. The molecule has 1 amide bonds. The summed E-state index contributed by atoms with van der Waals surface area (Å²) in [6, 6.07) is 6.63. The molecule has 1 aromatic rings. The van der Waals surface area contributed by atoms with Gasteiger partial charge in [0.05, 0.1) is 11.6 Å². The van der Waals surface area contributed by atoms with Crippen molar-refractivity contribution < 1.29 is 10.0 Å². The second-order valence-corrected chi connectivity index (χ2v) is 4.67. The summed E-state index contributed by atoms with van der Waals surface area (Å²) >= 11 is 3.31. The number of nitrogens with two attached hydrogens (primary N) is 1. The highest BCUT2D eigenvalue weighted by Gasteiger charge is 2.18. The third kappa shape index (κ3) is 3.73. The van der Waals surface area contributed by atoms with E-state index in [2.05, 4.69) is 26.4 Å². The number of hydrogen-bond acceptors (Lipinski definition) is 3. The van der Waals surface area contributed by atoms with E-state index < -0.39 is 6.04 Å². The molecular formula is C12H16BrN3O2. The van der Waals surface area contributed by atoms with Crippen molar-refractivity contribution in [3.05, 3.63) is 34.3 Å². The molecule has 0 heterocycles. The van der Waals surface area contributed by atoms with Crippen LogP contribution in [0.15, 0.2) is 33.9 Å². The summed E-state index contributed by atoms with van der Waals surface area (Å²) in [5.74, 6) is -0.246. The van der Waals surface area contributed by atoms with Crippen LogP contribution in [-0.4, -0.2) is 23.0 Å². The Morgan fingerprint density at radius 1 is 1.56 bits per heavy atom. The van der Waals surface area contributed by atoms with Crippen molar-refractivity contribution in [2.24, 2.45) is 10.9 Å². The van der Waals surface area contributed by atoms with Gasteiger partial charge in [-0.3, -0.25) is 4.79 Å². The van der Waals surface area contributed by atoms with Gasteiger partial charge in [-0.25, -0.2) is 0 Å². The number of benzene rings is 1. The van der Waals surface area contributed by atoms with Crippen LogP contribution in [0.25, 0.3) is 0 Å². The third-order valence-corrected chi connectivity index (χ3v) is 3.17. The number of amides is 1. The molecule has 0 radical (unpaired) electrons. The number of carbonyl (C=O) groups excluding carboxylic acids is 1. The van der Waals surface area contributed by atoms with E-state index in [0.29, 0.717) is 16.5 Å². The topological polar surface area (TPSA) is 87.7 Å². The first-order valence-electron chi connectivity index (χ1n) is 5.63. The maximum atomic E-state index is 12.0. The second kappa shape index (κ2) is 7.00. The molecule has 0 aromatic heterocycles. The van der Waals surface area contributed by atoms with Gasteiger partial charge in [0.1, 0.15) is 0 Å². The van der Waals surface area contributed by atoms with Crippen molar-refractivity contribution >= 4 is 27.7 Å².